The van der Waals surface area contributed by atoms with Crippen LogP contribution in [0.25, 0.3) is 0 Å². The topological polar surface area (TPSA) is 77.8 Å². The summed E-state index contributed by atoms with van der Waals surface area (Å²) >= 11 is 0. The van der Waals surface area contributed by atoms with Crippen LogP contribution >= 0.6 is 0 Å². The third-order valence-electron chi connectivity index (χ3n) is 7.25. The predicted octanol–water partition coefficient (Wildman–Crippen LogP) is 4.93. The van der Waals surface area contributed by atoms with Crippen LogP contribution in [0.5, 0.6) is 0 Å². The molecule has 156 valence electrons. The number of hydrogen-bond donors (Lipinski definition) is 2. The van der Waals surface area contributed by atoms with Crippen molar-refractivity contribution in [2.45, 2.75) is 24.9 Å². The first-order valence-corrected chi connectivity index (χ1v) is 10.4. The minimum atomic E-state index is -1.43. The fraction of sp³-hybridized carbons (Fsp3) is 0.231. The van der Waals surface area contributed by atoms with E-state index in [9.17, 15) is 19.8 Å². The number of rotatable bonds is 5. The van der Waals surface area contributed by atoms with Gasteiger partial charge >= 0.3 is 11.9 Å². The molecular weight excluding hydrogens is 390 g/mol. The lowest BCUT2D eigenvalue weighted by molar-refractivity contribution is -0.191. The van der Waals surface area contributed by atoms with Gasteiger partial charge < -0.3 is 15.1 Å². The fourth-order valence-corrected chi connectivity index (χ4v) is 5.94. The van der Waals surface area contributed by atoms with Crippen LogP contribution < -0.4 is 4.90 Å². The Hall–Kier alpha value is -3.60. The van der Waals surface area contributed by atoms with E-state index in [1.165, 1.54) is 0 Å². The van der Waals surface area contributed by atoms with Gasteiger partial charge in [-0.05, 0) is 36.1 Å². The monoisotopic (exact) mass is 413 g/mol. The van der Waals surface area contributed by atoms with Gasteiger partial charge in [-0.1, -0.05) is 78.9 Å². The Kier molecular flexibility index (Phi) is 4.36. The van der Waals surface area contributed by atoms with Crippen molar-refractivity contribution < 1.29 is 19.8 Å². The average Bonchev–Trinajstić information content (AvgIpc) is 2.97. The number of hydrogen-bond acceptors (Lipinski definition) is 3. The molecule has 1 aliphatic carbocycles. The van der Waals surface area contributed by atoms with Gasteiger partial charge in [-0.15, -0.1) is 0 Å². The molecule has 0 bridgehead atoms. The van der Waals surface area contributed by atoms with E-state index in [0.717, 1.165) is 16.8 Å². The first-order valence-electron chi connectivity index (χ1n) is 10.4. The Labute approximate surface area is 180 Å². The molecule has 1 heterocycles. The van der Waals surface area contributed by atoms with Crippen LogP contribution in [0.15, 0.2) is 91.0 Å². The first kappa shape index (κ1) is 19.4. The third-order valence-corrected chi connectivity index (χ3v) is 7.25. The number of fused-ring (bicyclic) bond motifs is 1. The molecule has 5 nitrogen and oxygen atoms in total. The minimum absolute atomic E-state index is 0.320. The zero-order valence-corrected chi connectivity index (χ0v) is 16.9. The van der Waals surface area contributed by atoms with Crippen LogP contribution in [0.3, 0.4) is 0 Å². The maximum atomic E-state index is 12.9. The molecule has 1 saturated heterocycles. The molecule has 2 N–H and O–H groups in total. The second-order valence-corrected chi connectivity index (χ2v) is 8.42. The highest BCUT2D eigenvalue weighted by molar-refractivity contribution is 5.94. The second-order valence-electron chi connectivity index (χ2n) is 8.42. The van der Waals surface area contributed by atoms with Gasteiger partial charge in [-0.25, -0.2) is 0 Å². The molecule has 5 rings (SSSR count). The molecule has 3 aromatic carbocycles. The van der Waals surface area contributed by atoms with Gasteiger partial charge in [-0.2, -0.15) is 0 Å². The Bertz CT molecular complexity index is 1050. The minimum Gasteiger partial charge on any atom is -0.481 e. The van der Waals surface area contributed by atoms with E-state index in [0.29, 0.717) is 12.8 Å². The molecule has 0 radical (unpaired) electrons. The molecule has 2 aliphatic rings. The zero-order valence-electron chi connectivity index (χ0n) is 16.9. The maximum absolute atomic E-state index is 12.9. The number of carbonyl (C=O) groups is 2. The van der Waals surface area contributed by atoms with E-state index in [-0.39, 0.29) is 0 Å². The predicted molar refractivity (Wildman–Crippen MR) is 117 cm³/mol. The number of carboxylic acid groups (broad SMARTS) is 2. The van der Waals surface area contributed by atoms with Crippen molar-refractivity contribution in [2.75, 3.05) is 4.90 Å². The summed E-state index contributed by atoms with van der Waals surface area (Å²) in [5.41, 5.74) is -0.413. The number of anilines is 1. The van der Waals surface area contributed by atoms with Crippen molar-refractivity contribution in [3.05, 3.63) is 102 Å². The fourth-order valence-electron chi connectivity index (χ4n) is 5.94. The quantitative estimate of drug-likeness (QED) is 0.620. The lowest BCUT2D eigenvalue weighted by Crippen LogP contribution is -2.60. The molecule has 4 atom stereocenters. The highest BCUT2D eigenvalue weighted by Gasteiger charge is 2.81. The van der Waals surface area contributed by atoms with Gasteiger partial charge in [0.2, 0.25) is 0 Å². The van der Waals surface area contributed by atoms with Crippen molar-refractivity contribution in [3.8, 4) is 0 Å². The van der Waals surface area contributed by atoms with Gasteiger partial charge in [-0.3, -0.25) is 9.59 Å². The molecule has 0 aromatic heterocycles. The smallest absolute Gasteiger partial charge is 0.313 e. The van der Waals surface area contributed by atoms with Gasteiger partial charge in [0.15, 0.2) is 0 Å². The van der Waals surface area contributed by atoms with E-state index in [1.807, 2.05) is 95.9 Å². The number of para-hydroxylation sites is 1. The summed E-state index contributed by atoms with van der Waals surface area (Å²) in [5.74, 6) is -2.09. The SMILES string of the molecule is O=C(O)C12CCC1(C(=O)O)C(c1ccccc1)N(c1ccccc1)C2c1ccccc1. The molecule has 0 spiro atoms. The van der Waals surface area contributed by atoms with Crippen LogP contribution in [-0.2, 0) is 9.59 Å². The summed E-state index contributed by atoms with van der Waals surface area (Å²) in [4.78, 5) is 27.9. The first-order chi connectivity index (χ1) is 15.0. The Balaban J connectivity index is 1.86. The summed E-state index contributed by atoms with van der Waals surface area (Å²) in [6.45, 7) is 0. The third kappa shape index (κ3) is 2.43. The van der Waals surface area contributed by atoms with E-state index >= 15 is 0 Å². The highest BCUT2D eigenvalue weighted by atomic mass is 16.4. The molecule has 1 aliphatic heterocycles. The molecule has 3 aromatic rings. The van der Waals surface area contributed by atoms with E-state index in [4.69, 9.17) is 0 Å². The Morgan fingerprint density at radius 2 is 1.00 bits per heavy atom. The van der Waals surface area contributed by atoms with Crippen LogP contribution in [0.1, 0.15) is 36.1 Å². The van der Waals surface area contributed by atoms with Crippen molar-refractivity contribution in [3.63, 3.8) is 0 Å². The normalized spacial score (nSPS) is 29.1. The van der Waals surface area contributed by atoms with Gasteiger partial charge in [0.1, 0.15) is 10.8 Å². The van der Waals surface area contributed by atoms with Crippen LogP contribution in [0.2, 0.25) is 0 Å². The van der Waals surface area contributed by atoms with Crippen molar-refractivity contribution in [1.29, 1.82) is 0 Å². The lowest BCUT2D eigenvalue weighted by Gasteiger charge is -2.52. The molecule has 31 heavy (non-hydrogen) atoms. The zero-order chi connectivity index (χ0) is 21.6. The number of benzene rings is 3. The number of carboxylic acids is 2. The molecular formula is C26H23NO4. The van der Waals surface area contributed by atoms with Gasteiger partial charge in [0, 0.05) is 5.69 Å². The van der Waals surface area contributed by atoms with Gasteiger partial charge in [0.05, 0.1) is 12.1 Å². The molecule has 4 unspecified atom stereocenters. The molecule has 2 fully saturated rings. The molecule has 0 amide bonds. The van der Waals surface area contributed by atoms with Gasteiger partial charge in [0.25, 0.3) is 0 Å². The van der Waals surface area contributed by atoms with Crippen molar-refractivity contribution in [2.24, 2.45) is 10.8 Å². The summed E-state index contributed by atoms with van der Waals surface area (Å²) < 4.78 is 0. The van der Waals surface area contributed by atoms with Crippen molar-refractivity contribution in [1.82, 2.24) is 0 Å². The van der Waals surface area contributed by atoms with E-state index < -0.39 is 34.9 Å². The van der Waals surface area contributed by atoms with Crippen LogP contribution in [0.4, 0.5) is 5.69 Å². The van der Waals surface area contributed by atoms with Crippen LogP contribution in [-0.4, -0.2) is 22.2 Å². The molecule has 1 saturated carbocycles. The molecule has 5 heteroatoms. The standard InChI is InChI=1S/C26H23NO4/c28-23(29)25-16-17-26(25,24(30)31)22(19-12-6-2-7-13-19)27(20-14-8-3-9-15-20)21(25)18-10-4-1-5-11-18/h1-15,21-22H,16-17H2,(H,28,29)(H,30,31). The Morgan fingerprint density at radius 1 is 0.645 bits per heavy atom. The highest BCUT2D eigenvalue weighted by Crippen LogP contribution is 2.76. The summed E-state index contributed by atoms with van der Waals surface area (Å²) in [6.07, 6.45) is 0.641. The van der Waals surface area contributed by atoms with E-state index in [1.54, 1.807) is 0 Å². The summed E-state index contributed by atoms with van der Waals surface area (Å²) in [5, 5.41) is 21.2. The van der Waals surface area contributed by atoms with E-state index in [2.05, 4.69) is 0 Å². The Morgan fingerprint density at radius 3 is 1.32 bits per heavy atom. The summed E-state index contributed by atoms with van der Waals surface area (Å²) in [6, 6.07) is 27.3. The second kappa shape index (κ2) is 6.98. The number of aliphatic carboxylic acids is 2. The lowest BCUT2D eigenvalue weighted by atomic mass is 9.45. The maximum Gasteiger partial charge on any atom is 0.313 e. The summed E-state index contributed by atoms with van der Waals surface area (Å²) in [7, 11) is 0. The van der Waals surface area contributed by atoms with Crippen LogP contribution in [0, 0.1) is 10.8 Å². The largest absolute Gasteiger partial charge is 0.481 e. The van der Waals surface area contributed by atoms with Crippen molar-refractivity contribution >= 4 is 17.6 Å². The average molecular weight is 413 g/mol. The number of nitrogens with zero attached hydrogens (tertiary/aromatic N) is 1.